The molecule has 0 aliphatic rings. The van der Waals surface area contributed by atoms with Crippen molar-refractivity contribution in [1.29, 1.82) is 10.5 Å². The molecular formula is C13H11N3O2S. The van der Waals surface area contributed by atoms with Gasteiger partial charge in [-0.25, -0.2) is 0 Å². The van der Waals surface area contributed by atoms with Crippen LogP contribution in [-0.2, 0) is 0 Å². The van der Waals surface area contributed by atoms with E-state index in [1.54, 1.807) is 24.3 Å². The second-order valence-electron chi connectivity index (χ2n) is 3.39. The van der Waals surface area contributed by atoms with Crippen LogP contribution in [0, 0.1) is 22.7 Å². The first kappa shape index (κ1) is 14.5. The van der Waals surface area contributed by atoms with Crippen molar-refractivity contribution in [2.45, 2.75) is 0 Å². The van der Waals surface area contributed by atoms with Crippen LogP contribution in [0.3, 0.4) is 0 Å². The third kappa shape index (κ3) is 3.98. The predicted octanol–water partition coefficient (Wildman–Crippen LogP) is 1.79. The molecule has 0 radical (unpaired) electrons. The number of nitrogens with two attached hydrogens (primary N) is 1. The number of thiocarbonyl (C=S) groups is 1. The number of methoxy groups -OCH3 is 1. The minimum absolute atomic E-state index is 0.0336. The van der Waals surface area contributed by atoms with E-state index in [1.165, 1.54) is 7.11 Å². The highest BCUT2D eigenvalue weighted by molar-refractivity contribution is 7.80. The van der Waals surface area contributed by atoms with Gasteiger partial charge in [-0.15, -0.1) is 0 Å². The molecule has 0 fully saturated rings. The average Bonchev–Trinajstić information content (AvgIpc) is 2.42. The van der Waals surface area contributed by atoms with E-state index in [0.717, 1.165) is 0 Å². The van der Waals surface area contributed by atoms with Crippen LogP contribution in [-0.4, -0.2) is 18.7 Å². The fourth-order valence-corrected chi connectivity index (χ4v) is 1.43. The lowest BCUT2D eigenvalue weighted by molar-refractivity contribution is 0.329. The lowest BCUT2D eigenvalue weighted by Crippen LogP contribution is -2.09. The van der Waals surface area contributed by atoms with Gasteiger partial charge < -0.3 is 15.2 Å². The number of hydrogen-bond acceptors (Lipinski definition) is 5. The number of nitrogens with zero attached hydrogens (tertiary/aromatic N) is 2. The minimum atomic E-state index is -0.0676. The second-order valence-corrected chi connectivity index (χ2v) is 3.83. The van der Waals surface area contributed by atoms with Gasteiger partial charge in [0.05, 0.1) is 12.7 Å². The molecule has 1 aromatic carbocycles. The fourth-order valence-electron chi connectivity index (χ4n) is 1.33. The molecule has 0 saturated carbocycles. The summed E-state index contributed by atoms with van der Waals surface area (Å²) >= 11 is 4.75. The van der Waals surface area contributed by atoms with E-state index in [9.17, 15) is 0 Å². The lowest BCUT2D eigenvalue weighted by atomic mass is 10.1. The minimum Gasteiger partial charge on any atom is -0.493 e. The number of ether oxygens (including phenoxy) is 2. The average molecular weight is 273 g/mol. The van der Waals surface area contributed by atoms with Gasteiger partial charge >= 0.3 is 0 Å². The highest BCUT2D eigenvalue weighted by Gasteiger charge is 2.06. The van der Waals surface area contributed by atoms with Crippen LogP contribution in [0.1, 0.15) is 5.56 Å². The number of nitriles is 2. The molecule has 0 saturated heterocycles. The molecule has 0 amide bonds. The van der Waals surface area contributed by atoms with Crippen LogP contribution in [0.25, 0.3) is 6.08 Å². The van der Waals surface area contributed by atoms with Crippen molar-refractivity contribution in [2.75, 3.05) is 13.7 Å². The highest BCUT2D eigenvalue weighted by Crippen LogP contribution is 2.28. The van der Waals surface area contributed by atoms with Gasteiger partial charge in [0.1, 0.15) is 17.1 Å². The van der Waals surface area contributed by atoms with Gasteiger partial charge in [0.15, 0.2) is 18.1 Å². The molecule has 0 atom stereocenters. The Morgan fingerprint density at radius 3 is 2.68 bits per heavy atom. The summed E-state index contributed by atoms with van der Waals surface area (Å²) in [6.45, 7) is -0.0676. The van der Waals surface area contributed by atoms with Crippen LogP contribution in [0.4, 0.5) is 0 Å². The Labute approximate surface area is 116 Å². The topological polar surface area (TPSA) is 92.1 Å². The summed E-state index contributed by atoms with van der Waals surface area (Å²) in [5.74, 6) is 0.916. The summed E-state index contributed by atoms with van der Waals surface area (Å²) in [4.78, 5) is 0.0336. The summed E-state index contributed by atoms with van der Waals surface area (Å²) in [7, 11) is 1.49. The molecule has 0 aromatic heterocycles. The Balaban J connectivity index is 3.11. The van der Waals surface area contributed by atoms with Crippen molar-refractivity contribution >= 4 is 23.3 Å². The zero-order chi connectivity index (χ0) is 14.3. The summed E-state index contributed by atoms with van der Waals surface area (Å²) < 4.78 is 10.3. The second kappa shape index (κ2) is 7.00. The molecule has 6 heteroatoms. The summed E-state index contributed by atoms with van der Waals surface area (Å²) in [6, 6.07) is 8.82. The molecule has 0 aliphatic carbocycles. The molecular weight excluding hydrogens is 262 g/mol. The van der Waals surface area contributed by atoms with Crippen molar-refractivity contribution in [3.05, 3.63) is 29.3 Å². The van der Waals surface area contributed by atoms with Crippen molar-refractivity contribution in [1.82, 2.24) is 0 Å². The van der Waals surface area contributed by atoms with E-state index in [2.05, 4.69) is 0 Å². The predicted molar refractivity (Wildman–Crippen MR) is 74.5 cm³/mol. The molecule has 1 aromatic rings. The van der Waals surface area contributed by atoms with Gasteiger partial charge in [-0.1, -0.05) is 18.3 Å². The molecule has 0 unspecified atom stereocenters. The van der Waals surface area contributed by atoms with Crippen molar-refractivity contribution in [3.63, 3.8) is 0 Å². The van der Waals surface area contributed by atoms with Crippen molar-refractivity contribution in [2.24, 2.45) is 5.73 Å². The smallest absolute Gasteiger partial charge is 0.174 e. The zero-order valence-corrected chi connectivity index (χ0v) is 11.0. The van der Waals surface area contributed by atoms with Crippen LogP contribution in [0.2, 0.25) is 0 Å². The molecule has 1 rings (SSSR count). The van der Waals surface area contributed by atoms with E-state index < -0.39 is 0 Å². The van der Waals surface area contributed by atoms with Crippen LogP contribution in [0.5, 0.6) is 11.5 Å². The summed E-state index contributed by atoms with van der Waals surface area (Å²) in [5.41, 5.74) is 6.32. The Bertz CT molecular complexity index is 597. The van der Waals surface area contributed by atoms with Crippen LogP contribution < -0.4 is 15.2 Å². The Morgan fingerprint density at radius 2 is 2.16 bits per heavy atom. The van der Waals surface area contributed by atoms with Gasteiger partial charge in [0.25, 0.3) is 0 Å². The third-order valence-electron chi connectivity index (χ3n) is 2.18. The molecule has 0 heterocycles. The molecule has 96 valence electrons. The van der Waals surface area contributed by atoms with E-state index >= 15 is 0 Å². The largest absolute Gasteiger partial charge is 0.493 e. The molecule has 2 N–H and O–H groups in total. The quantitative estimate of drug-likeness (QED) is 0.499. The first-order valence-corrected chi connectivity index (χ1v) is 5.62. The fraction of sp³-hybridized carbons (Fsp3) is 0.154. The van der Waals surface area contributed by atoms with E-state index in [4.69, 9.17) is 37.9 Å². The van der Waals surface area contributed by atoms with Gasteiger partial charge in [0.2, 0.25) is 0 Å². The Kier molecular flexibility index (Phi) is 5.34. The molecule has 5 nitrogen and oxygen atoms in total. The third-order valence-corrected chi connectivity index (χ3v) is 2.40. The van der Waals surface area contributed by atoms with E-state index in [-0.39, 0.29) is 17.2 Å². The number of hydrogen-bond donors (Lipinski definition) is 1. The number of benzene rings is 1. The molecule has 19 heavy (non-hydrogen) atoms. The first-order chi connectivity index (χ1) is 9.12. The highest BCUT2D eigenvalue weighted by atomic mass is 32.1. The van der Waals surface area contributed by atoms with Gasteiger partial charge in [0, 0.05) is 0 Å². The monoisotopic (exact) mass is 273 g/mol. The summed E-state index contributed by atoms with van der Waals surface area (Å²) in [6.07, 6.45) is 1.55. The van der Waals surface area contributed by atoms with Gasteiger partial charge in [-0.2, -0.15) is 10.5 Å². The Morgan fingerprint density at radius 1 is 1.42 bits per heavy atom. The SMILES string of the molecule is COc1cc(/C=C(/C#N)C(N)=S)ccc1OCC#N. The standard InChI is InChI=1S/C13H11N3O2S/c1-17-12-7-9(6-10(8-15)13(16)19)2-3-11(12)18-5-4-14/h2-3,6-7H,5H2,1H3,(H2,16,19)/b10-6-. The number of rotatable bonds is 5. The molecule has 0 spiro atoms. The van der Waals surface area contributed by atoms with Crippen LogP contribution in [0.15, 0.2) is 23.8 Å². The molecule has 0 aliphatic heterocycles. The molecule has 0 bridgehead atoms. The van der Waals surface area contributed by atoms with E-state index in [1.807, 2.05) is 12.1 Å². The normalized spacial score (nSPS) is 10.2. The van der Waals surface area contributed by atoms with Crippen molar-refractivity contribution in [3.8, 4) is 23.6 Å². The van der Waals surface area contributed by atoms with Crippen molar-refractivity contribution < 1.29 is 9.47 Å². The van der Waals surface area contributed by atoms with E-state index in [0.29, 0.717) is 17.1 Å². The van der Waals surface area contributed by atoms with Gasteiger partial charge in [-0.05, 0) is 23.8 Å². The van der Waals surface area contributed by atoms with Gasteiger partial charge in [-0.3, -0.25) is 0 Å². The lowest BCUT2D eigenvalue weighted by Gasteiger charge is -2.09. The first-order valence-electron chi connectivity index (χ1n) is 5.21. The maximum absolute atomic E-state index is 8.88. The maximum atomic E-state index is 8.88. The zero-order valence-electron chi connectivity index (χ0n) is 10.2. The maximum Gasteiger partial charge on any atom is 0.174 e. The summed E-state index contributed by atoms with van der Waals surface area (Å²) in [5, 5.41) is 17.3. The Hall–Kier alpha value is -2.57. The van der Waals surface area contributed by atoms with Crippen LogP contribution >= 0.6 is 12.2 Å².